The molecule has 4 nitrogen and oxygen atoms in total. The first-order chi connectivity index (χ1) is 11.9. The molecule has 0 bridgehead atoms. The Balaban J connectivity index is 1.62. The Morgan fingerprint density at radius 2 is 1.60 bits per heavy atom. The van der Waals surface area contributed by atoms with Crippen LogP contribution in [0.4, 0.5) is 0 Å². The minimum Gasteiger partial charge on any atom is -0.342 e. The van der Waals surface area contributed by atoms with E-state index in [9.17, 15) is 9.59 Å². The molecule has 25 heavy (non-hydrogen) atoms. The second-order valence-corrected chi connectivity index (χ2v) is 8.42. The number of carbonyl (C=O) groups excluding carboxylic acids is 2. The van der Waals surface area contributed by atoms with E-state index in [1.807, 2.05) is 43.9 Å². The molecule has 1 unspecified atom stereocenters. The van der Waals surface area contributed by atoms with Crippen LogP contribution in [-0.4, -0.2) is 41.2 Å². The van der Waals surface area contributed by atoms with Crippen LogP contribution in [0.15, 0.2) is 30.3 Å². The lowest BCUT2D eigenvalue weighted by Gasteiger charge is -2.37. The van der Waals surface area contributed by atoms with Gasteiger partial charge in [-0.25, -0.2) is 0 Å². The molecule has 1 aromatic carbocycles. The minimum absolute atomic E-state index is 0.0633. The summed E-state index contributed by atoms with van der Waals surface area (Å²) >= 11 is 0. The molecule has 0 radical (unpaired) electrons. The van der Waals surface area contributed by atoms with Gasteiger partial charge in [0.1, 0.15) is 0 Å². The lowest BCUT2D eigenvalue weighted by molar-refractivity contribution is -0.145. The third kappa shape index (κ3) is 3.88. The van der Waals surface area contributed by atoms with Crippen LogP contribution in [0.2, 0.25) is 0 Å². The predicted molar refractivity (Wildman–Crippen MR) is 98.9 cm³/mol. The number of benzene rings is 1. The van der Waals surface area contributed by atoms with Crippen LogP contribution in [0.1, 0.15) is 58.1 Å². The van der Waals surface area contributed by atoms with E-state index in [1.165, 1.54) is 5.56 Å². The molecule has 0 N–H and O–H groups in total. The fourth-order valence-corrected chi connectivity index (χ4v) is 4.09. The Labute approximate surface area is 151 Å². The Morgan fingerprint density at radius 1 is 0.960 bits per heavy atom. The summed E-state index contributed by atoms with van der Waals surface area (Å²) < 4.78 is 0. The normalized spacial score (nSPS) is 22.3. The average molecular weight is 342 g/mol. The first-order valence-corrected chi connectivity index (χ1v) is 9.53. The van der Waals surface area contributed by atoms with E-state index in [1.54, 1.807) is 0 Å². The van der Waals surface area contributed by atoms with E-state index in [0.29, 0.717) is 13.1 Å². The van der Waals surface area contributed by atoms with Crippen LogP contribution in [-0.2, 0) is 9.59 Å². The summed E-state index contributed by atoms with van der Waals surface area (Å²) in [6.45, 7) is 8.15. The van der Waals surface area contributed by atoms with Crippen molar-refractivity contribution in [3.05, 3.63) is 35.9 Å². The lowest BCUT2D eigenvalue weighted by Crippen LogP contribution is -2.47. The number of piperidine rings is 1. The first kappa shape index (κ1) is 18.0. The van der Waals surface area contributed by atoms with Gasteiger partial charge in [0.05, 0.1) is 6.04 Å². The van der Waals surface area contributed by atoms with Crippen LogP contribution in [0, 0.1) is 11.3 Å². The predicted octanol–water partition coefficient (Wildman–Crippen LogP) is 3.63. The van der Waals surface area contributed by atoms with Crippen LogP contribution < -0.4 is 0 Å². The summed E-state index contributed by atoms with van der Waals surface area (Å²) in [4.78, 5) is 29.5. The van der Waals surface area contributed by atoms with Gasteiger partial charge in [0.2, 0.25) is 11.8 Å². The highest BCUT2D eigenvalue weighted by atomic mass is 16.2. The van der Waals surface area contributed by atoms with Crippen molar-refractivity contribution in [2.24, 2.45) is 11.3 Å². The maximum atomic E-state index is 13.1. The Morgan fingerprint density at radius 3 is 2.20 bits per heavy atom. The summed E-state index contributed by atoms with van der Waals surface area (Å²) in [5.41, 5.74) is 0.901. The Bertz CT molecular complexity index is 613. The van der Waals surface area contributed by atoms with Crippen LogP contribution >= 0.6 is 0 Å². The van der Waals surface area contributed by atoms with Crippen LogP contribution in [0.3, 0.4) is 0 Å². The van der Waals surface area contributed by atoms with Crippen molar-refractivity contribution in [1.82, 2.24) is 9.80 Å². The number of hydrogen-bond donors (Lipinski definition) is 0. The molecular formula is C21H30N2O2. The van der Waals surface area contributed by atoms with Crippen molar-refractivity contribution in [3.63, 3.8) is 0 Å². The molecule has 136 valence electrons. The van der Waals surface area contributed by atoms with E-state index >= 15 is 0 Å². The zero-order chi connectivity index (χ0) is 18.0. The van der Waals surface area contributed by atoms with Crippen molar-refractivity contribution in [3.8, 4) is 0 Å². The molecule has 4 heteroatoms. The van der Waals surface area contributed by atoms with Gasteiger partial charge in [-0.3, -0.25) is 9.59 Å². The lowest BCUT2D eigenvalue weighted by atomic mass is 9.90. The fourth-order valence-electron chi connectivity index (χ4n) is 4.09. The molecule has 0 aliphatic carbocycles. The smallest absolute Gasteiger partial charge is 0.227 e. The highest BCUT2D eigenvalue weighted by Crippen LogP contribution is 2.34. The van der Waals surface area contributed by atoms with Crippen molar-refractivity contribution >= 4 is 11.8 Å². The molecule has 2 aliphatic rings. The average Bonchev–Trinajstić information content (AvgIpc) is 3.10. The van der Waals surface area contributed by atoms with Gasteiger partial charge < -0.3 is 9.80 Å². The second-order valence-electron chi connectivity index (χ2n) is 8.42. The molecule has 2 fully saturated rings. The first-order valence-electron chi connectivity index (χ1n) is 9.53. The van der Waals surface area contributed by atoms with Crippen molar-refractivity contribution in [1.29, 1.82) is 0 Å². The molecule has 2 amide bonds. The number of likely N-dealkylation sites (tertiary alicyclic amines) is 2. The molecule has 0 spiro atoms. The quantitative estimate of drug-likeness (QED) is 0.823. The molecular weight excluding hydrogens is 312 g/mol. The van der Waals surface area contributed by atoms with Gasteiger partial charge in [-0.1, -0.05) is 51.1 Å². The standard InChI is InChI=1S/C21H30N2O2/c1-21(2,3)20(25)22-14-11-17(12-15-22)19(24)23-13-7-10-18(23)16-8-5-4-6-9-16/h4-6,8-9,17-18H,7,10-15H2,1-3H3. The summed E-state index contributed by atoms with van der Waals surface area (Å²) in [5.74, 6) is 0.546. The van der Waals surface area contributed by atoms with Crippen LogP contribution in [0.25, 0.3) is 0 Å². The molecule has 1 atom stereocenters. The number of nitrogens with zero attached hydrogens (tertiary/aromatic N) is 2. The maximum Gasteiger partial charge on any atom is 0.227 e. The number of rotatable bonds is 2. The van der Waals surface area contributed by atoms with E-state index < -0.39 is 0 Å². The molecule has 2 saturated heterocycles. The topological polar surface area (TPSA) is 40.6 Å². The van der Waals surface area contributed by atoms with Gasteiger partial charge in [-0.15, -0.1) is 0 Å². The molecule has 3 rings (SSSR count). The van der Waals surface area contributed by atoms with Gasteiger partial charge in [-0.2, -0.15) is 0 Å². The fraction of sp³-hybridized carbons (Fsp3) is 0.619. The minimum atomic E-state index is -0.343. The van der Waals surface area contributed by atoms with Gasteiger partial charge >= 0.3 is 0 Å². The van der Waals surface area contributed by atoms with E-state index in [4.69, 9.17) is 0 Å². The summed E-state index contributed by atoms with van der Waals surface area (Å²) in [7, 11) is 0. The zero-order valence-electron chi connectivity index (χ0n) is 15.7. The van der Waals surface area contributed by atoms with Crippen molar-refractivity contribution in [2.45, 2.75) is 52.5 Å². The highest BCUT2D eigenvalue weighted by molar-refractivity contribution is 5.83. The molecule has 2 aliphatic heterocycles. The number of carbonyl (C=O) groups is 2. The van der Waals surface area contributed by atoms with Crippen molar-refractivity contribution < 1.29 is 9.59 Å². The third-order valence-electron chi connectivity index (χ3n) is 5.49. The maximum absolute atomic E-state index is 13.1. The van der Waals surface area contributed by atoms with Gasteiger partial charge in [0, 0.05) is 31.0 Å². The zero-order valence-corrected chi connectivity index (χ0v) is 15.7. The van der Waals surface area contributed by atoms with E-state index in [-0.39, 0.29) is 29.2 Å². The summed E-state index contributed by atoms with van der Waals surface area (Å²) in [6.07, 6.45) is 3.71. The number of hydrogen-bond acceptors (Lipinski definition) is 2. The van der Waals surface area contributed by atoms with Gasteiger partial charge in [0.15, 0.2) is 0 Å². The highest BCUT2D eigenvalue weighted by Gasteiger charge is 2.37. The monoisotopic (exact) mass is 342 g/mol. The SMILES string of the molecule is CC(C)(C)C(=O)N1CCC(C(=O)N2CCCC2c2ccccc2)CC1. The van der Waals surface area contributed by atoms with Gasteiger partial charge in [-0.05, 0) is 31.2 Å². The molecule has 2 heterocycles. The van der Waals surface area contributed by atoms with Crippen LogP contribution in [0.5, 0.6) is 0 Å². The third-order valence-corrected chi connectivity index (χ3v) is 5.49. The van der Waals surface area contributed by atoms with E-state index in [2.05, 4.69) is 17.0 Å². The molecule has 0 saturated carbocycles. The molecule has 0 aromatic heterocycles. The van der Waals surface area contributed by atoms with E-state index in [0.717, 1.165) is 32.2 Å². The Hall–Kier alpha value is -1.84. The molecule has 1 aromatic rings. The largest absolute Gasteiger partial charge is 0.342 e. The summed E-state index contributed by atoms with van der Waals surface area (Å²) in [6, 6.07) is 10.6. The number of amides is 2. The van der Waals surface area contributed by atoms with Gasteiger partial charge in [0.25, 0.3) is 0 Å². The Kier molecular flexibility index (Phi) is 5.16. The summed E-state index contributed by atoms with van der Waals surface area (Å²) in [5, 5.41) is 0. The second kappa shape index (κ2) is 7.19. The van der Waals surface area contributed by atoms with Crippen molar-refractivity contribution in [2.75, 3.05) is 19.6 Å².